The summed E-state index contributed by atoms with van der Waals surface area (Å²) < 4.78 is 0. The minimum atomic E-state index is -0.107. The van der Waals surface area contributed by atoms with Gasteiger partial charge in [-0.3, -0.25) is 0 Å². The van der Waals surface area contributed by atoms with Gasteiger partial charge in [0, 0.05) is 6.61 Å². The smallest absolute Gasteiger partial charge is 0.0540 e. The second-order valence-electron chi connectivity index (χ2n) is 9.05. The highest BCUT2D eigenvalue weighted by molar-refractivity contribution is 4.70. The van der Waals surface area contributed by atoms with Crippen molar-refractivity contribution in [2.24, 2.45) is 10.8 Å². The first-order valence-corrected chi connectivity index (χ1v) is 10.0. The minimum Gasteiger partial charge on any atom is -0.396 e. The summed E-state index contributed by atoms with van der Waals surface area (Å²) in [5.74, 6) is 0. The molecule has 0 radical (unpaired) electrons. The molecule has 0 heterocycles. The van der Waals surface area contributed by atoms with Crippen molar-refractivity contribution in [1.82, 2.24) is 0 Å². The molecular weight excluding hydrogens is 284 g/mol. The van der Waals surface area contributed by atoms with Gasteiger partial charge < -0.3 is 10.2 Å². The summed E-state index contributed by atoms with van der Waals surface area (Å²) in [7, 11) is 0. The van der Waals surface area contributed by atoms with Crippen LogP contribution in [-0.2, 0) is 0 Å². The van der Waals surface area contributed by atoms with Crippen molar-refractivity contribution in [3.8, 4) is 0 Å². The fourth-order valence-corrected chi connectivity index (χ4v) is 3.60. The van der Waals surface area contributed by atoms with E-state index in [0.29, 0.717) is 17.4 Å². The molecule has 0 bridgehead atoms. The lowest BCUT2D eigenvalue weighted by atomic mass is 9.82. The fraction of sp³-hybridized carbons (Fsp3) is 1.00. The van der Waals surface area contributed by atoms with Crippen molar-refractivity contribution in [3.05, 3.63) is 0 Å². The van der Waals surface area contributed by atoms with Gasteiger partial charge in [0.05, 0.1) is 6.10 Å². The van der Waals surface area contributed by atoms with Gasteiger partial charge in [-0.2, -0.15) is 0 Å². The van der Waals surface area contributed by atoms with E-state index >= 15 is 0 Å². The molecule has 0 aromatic heterocycles. The molecule has 0 aromatic rings. The molecular formula is C21H44O2. The predicted octanol–water partition coefficient (Wildman–Crippen LogP) is 6.09. The average molecular weight is 329 g/mol. The minimum absolute atomic E-state index is 0.107. The Hall–Kier alpha value is -0.0800. The van der Waals surface area contributed by atoms with E-state index in [0.717, 1.165) is 38.5 Å². The zero-order valence-corrected chi connectivity index (χ0v) is 16.7. The van der Waals surface area contributed by atoms with Crippen LogP contribution in [0, 0.1) is 10.8 Å². The monoisotopic (exact) mass is 328 g/mol. The Kier molecular flexibility index (Phi) is 12.3. The Bertz CT molecular complexity index is 271. The predicted molar refractivity (Wildman–Crippen MR) is 102 cm³/mol. The van der Waals surface area contributed by atoms with Gasteiger partial charge in [0.1, 0.15) is 0 Å². The van der Waals surface area contributed by atoms with Crippen LogP contribution in [0.25, 0.3) is 0 Å². The molecule has 0 spiro atoms. The Morgan fingerprint density at radius 3 is 1.57 bits per heavy atom. The molecule has 140 valence electrons. The maximum absolute atomic E-state index is 10.1. The third-order valence-electron chi connectivity index (χ3n) is 5.22. The van der Waals surface area contributed by atoms with Crippen LogP contribution in [0.5, 0.6) is 0 Å². The summed E-state index contributed by atoms with van der Waals surface area (Å²) in [5, 5.41) is 19.0. The highest BCUT2D eigenvalue weighted by Crippen LogP contribution is 2.30. The SMILES string of the molecule is CCCC(C)(C)CCCCC(O)CCCCC(C)(C)CCCO. The third-order valence-corrected chi connectivity index (χ3v) is 5.22. The van der Waals surface area contributed by atoms with E-state index in [-0.39, 0.29) is 6.10 Å². The van der Waals surface area contributed by atoms with Gasteiger partial charge in [0.2, 0.25) is 0 Å². The van der Waals surface area contributed by atoms with Crippen LogP contribution in [0.2, 0.25) is 0 Å². The quantitative estimate of drug-likeness (QED) is 0.357. The van der Waals surface area contributed by atoms with Crippen LogP contribution in [0.1, 0.15) is 112 Å². The summed E-state index contributed by atoms with van der Waals surface area (Å²) in [4.78, 5) is 0. The number of aliphatic hydroxyl groups is 2. The molecule has 0 rings (SSSR count). The standard InChI is InChI=1S/C21H44O2/c1-6-14-20(2,3)15-9-7-12-19(23)13-8-10-16-21(4,5)17-11-18-22/h19,22-23H,6-18H2,1-5H3. The van der Waals surface area contributed by atoms with Crippen LogP contribution in [-0.4, -0.2) is 22.9 Å². The highest BCUT2D eigenvalue weighted by Gasteiger charge is 2.17. The van der Waals surface area contributed by atoms with Gasteiger partial charge in [-0.1, -0.05) is 66.7 Å². The van der Waals surface area contributed by atoms with Gasteiger partial charge in [-0.15, -0.1) is 0 Å². The second kappa shape index (κ2) is 12.3. The van der Waals surface area contributed by atoms with E-state index in [1.807, 2.05) is 0 Å². The van der Waals surface area contributed by atoms with Crippen molar-refractivity contribution in [3.63, 3.8) is 0 Å². The molecule has 2 nitrogen and oxygen atoms in total. The van der Waals surface area contributed by atoms with Crippen molar-refractivity contribution >= 4 is 0 Å². The number of hydrogen-bond acceptors (Lipinski definition) is 2. The van der Waals surface area contributed by atoms with Crippen LogP contribution >= 0.6 is 0 Å². The van der Waals surface area contributed by atoms with Crippen LogP contribution < -0.4 is 0 Å². The van der Waals surface area contributed by atoms with E-state index in [9.17, 15) is 5.11 Å². The number of rotatable bonds is 15. The first-order chi connectivity index (χ1) is 10.7. The first kappa shape index (κ1) is 22.9. The molecule has 0 aromatic carbocycles. The molecule has 0 saturated heterocycles. The van der Waals surface area contributed by atoms with Crippen molar-refractivity contribution in [2.75, 3.05) is 6.61 Å². The summed E-state index contributed by atoms with van der Waals surface area (Å²) in [6.07, 6.45) is 13.6. The Balaban J connectivity index is 3.62. The Morgan fingerprint density at radius 1 is 0.696 bits per heavy atom. The molecule has 23 heavy (non-hydrogen) atoms. The zero-order chi connectivity index (χ0) is 17.8. The van der Waals surface area contributed by atoms with Gasteiger partial charge >= 0.3 is 0 Å². The number of hydrogen-bond donors (Lipinski definition) is 2. The largest absolute Gasteiger partial charge is 0.396 e. The lowest BCUT2D eigenvalue weighted by Gasteiger charge is -2.24. The third kappa shape index (κ3) is 14.0. The summed E-state index contributed by atoms with van der Waals surface area (Å²) in [6.45, 7) is 11.9. The molecule has 2 N–H and O–H groups in total. The molecule has 0 fully saturated rings. The van der Waals surface area contributed by atoms with Gasteiger partial charge in [0.25, 0.3) is 0 Å². The maximum Gasteiger partial charge on any atom is 0.0540 e. The highest BCUT2D eigenvalue weighted by atomic mass is 16.3. The topological polar surface area (TPSA) is 40.5 Å². The molecule has 0 aliphatic heterocycles. The Labute approximate surface area is 146 Å². The lowest BCUT2D eigenvalue weighted by molar-refractivity contribution is 0.142. The zero-order valence-electron chi connectivity index (χ0n) is 16.7. The number of aliphatic hydroxyl groups excluding tert-OH is 2. The van der Waals surface area contributed by atoms with Crippen LogP contribution in [0.15, 0.2) is 0 Å². The van der Waals surface area contributed by atoms with Crippen LogP contribution in [0.4, 0.5) is 0 Å². The summed E-state index contributed by atoms with van der Waals surface area (Å²) in [6, 6.07) is 0. The van der Waals surface area contributed by atoms with Gasteiger partial charge in [0.15, 0.2) is 0 Å². The molecule has 0 amide bonds. The average Bonchev–Trinajstić information content (AvgIpc) is 2.46. The Morgan fingerprint density at radius 2 is 1.13 bits per heavy atom. The van der Waals surface area contributed by atoms with E-state index in [2.05, 4.69) is 34.6 Å². The normalized spacial score (nSPS) is 14.2. The van der Waals surface area contributed by atoms with Crippen molar-refractivity contribution < 1.29 is 10.2 Å². The molecule has 0 saturated carbocycles. The van der Waals surface area contributed by atoms with Crippen molar-refractivity contribution in [2.45, 2.75) is 118 Å². The van der Waals surface area contributed by atoms with E-state index in [1.54, 1.807) is 0 Å². The lowest BCUT2D eigenvalue weighted by Crippen LogP contribution is -2.13. The first-order valence-electron chi connectivity index (χ1n) is 10.0. The second-order valence-corrected chi connectivity index (χ2v) is 9.05. The van der Waals surface area contributed by atoms with Crippen molar-refractivity contribution in [1.29, 1.82) is 0 Å². The van der Waals surface area contributed by atoms with Gasteiger partial charge in [-0.25, -0.2) is 0 Å². The van der Waals surface area contributed by atoms with E-state index in [4.69, 9.17) is 5.11 Å². The summed E-state index contributed by atoms with van der Waals surface area (Å²) in [5.41, 5.74) is 0.804. The fourth-order valence-electron chi connectivity index (χ4n) is 3.60. The molecule has 0 aliphatic rings. The molecule has 2 heteroatoms. The van der Waals surface area contributed by atoms with Gasteiger partial charge in [-0.05, 0) is 55.8 Å². The van der Waals surface area contributed by atoms with E-state index < -0.39 is 0 Å². The molecule has 0 aliphatic carbocycles. The van der Waals surface area contributed by atoms with E-state index in [1.165, 1.54) is 38.5 Å². The molecule has 1 unspecified atom stereocenters. The maximum atomic E-state index is 10.1. The summed E-state index contributed by atoms with van der Waals surface area (Å²) >= 11 is 0. The number of unbranched alkanes of at least 4 members (excludes halogenated alkanes) is 2. The van der Waals surface area contributed by atoms with Crippen LogP contribution in [0.3, 0.4) is 0 Å². The molecule has 1 atom stereocenters.